The third-order valence-corrected chi connectivity index (χ3v) is 3.16. The molecule has 92 valence electrons. The van der Waals surface area contributed by atoms with Crippen LogP contribution in [0.25, 0.3) is 0 Å². The molecule has 0 aliphatic carbocycles. The summed E-state index contributed by atoms with van der Waals surface area (Å²) in [4.78, 5) is 2.49. The van der Waals surface area contributed by atoms with Gasteiger partial charge >= 0.3 is 0 Å². The van der Waals surface area contributed by atoms with Crippen molar-refractivity contribution in [3.8, 4) is 0 Å². The molecule has 0 spiro atoms. The van der Waals surface area contributed by atoms with Crippen LogP contribution in [0, 0.1) is 0 Å². The molecule has 1 aromatic carbocycles. The molecule has 1 fully saturated rings. The quantitative estimate of drug-likeness (QED) is 0.797. The Labute approximate surface area is 104 Å². The SMILES string of the molecule is C=C(C)CN1CCNC(Cc2ccccc2)C1. The summed E-state index contributed by atoms with van der Waals surface area (Å²) in [6.07, 6.45) is 1.12. The van der Waals surface area contributed by atoms with Crippen molar-refractivity contribution in [3.05, 3.63) is 48.0 Å². The van der Waals surface area contributed by atoms with Gasteiger partial charge in [-0.3, -0.25) is 4.90 Å². The highest BCUT2D eigenvalue weighted by Crippen LogP contribution is 2.08. The molecule has 1 heterocycles. The zero-order valence-corrected chi connectivity index (χ0v) is 10.7. The molecule has 2 heteroatoms. The first kappa shape index (κ1) is 12.3. The van der Waals surface area contributed by atoms with E-state index >= 15 is 0 Å². The predicted molar refractivity (Wildman–Crippen MR) is 73.2 cm³/mol. The summed E-state index contributed by atoms with van der Waals surface area (Å²) in [5, 5.41) is 3.60. The molecular formula is C15H22N2. The van der Waals surface area contributed by atoms with Crippen molar-refractivity contribution >= 4 is 0 Å². The second-order valence-electron chi connectivity index (χ2n) is 5.03. The Hall–Kier alpha value is -1.12. The Morgan fingerprint density at radius 2 is 2.18 bits per heavy atom. The highest BCUT2D eigenvalue weighted by molar-refractivity contribution is 5.16. The molecule has 2 nitrogen and oxygen atoms in total. The first-order chi connectivity index (χ1) is 8.24. The van der Waals surface area contributed by atoms with Gasteiger partial charge in [0.2, 0.25) is 0 Å². The summed E-state index contributed by atoms with van der Waals surface area (Å²) in [5.41, 5.74) is 2.67. The molecule has 1 aliphatic heterocycles. The smallest absolute Gasteiger partial charge is 0.0236 e. The van der Waals surface area contributed by atoms with Crippen LogP contribution >= 0.6 is 0 Å². The fourth-order valence-electron chi connectivity index (χ4n) is 2.45. The fourth-order valence-corrected chi connectivity index (χ4v) is 2.45. The van der Waals surface area contributed by atoms with E-state index in [1.54, 1.807) is 0 Å². The molecule has 1 aliphatic rings. The lowest BCUT2D eigenvalue weighted by Crippen LogP contribution is -2.51. The van der Waals surface area contributed by atoms with E-state index in [-0.39, 0.29) is 0 Å². The van der Waals surface area contributed by atoms with Crippen LogP contribution in [0.3, 0.4) is 0 Å². The zero-order valence-electron chi connectivity index (χ0n) is 10.7. The van der Waals surface area contributed by atoms with E-state index in [1.807, 2.05) is 0 Å². The van der Waals surface area contributed by atoms with E-state index in [9.17, 15) is 0 Å². The van der Waals surface area contributed by atoms with Crippen molar-refractivity contribution in [1.82, 2.24) is 10.2 Å². The summed E-state index contributed by atoms with van der Waals surface area (Å²) in [6.45, 7) is 10.5. The number of nitrogens with zero attached hydrogens (tertiary/aromatic N) is 1. The maximum Gasteiger partial charge on any atom is 0.0236 e. The van der Waals surface area contributed by atoms with Crippen LogP contribution in [-0.2, 0) is 6.42 Å². The van der Waals surface area contributed by atoms with Crippen LogP contribution in [0.1, 0.15) is 12.5 Å². The normalized spacial score (nSPS) is 21.4. The van der Waals surface area contributed by atoms with Gasteiger partial charge in [-0.25, -0.2) is 0 Å². The Bertz CT molecular complexity index is 358. The third-order valence-electron chi connectivity index (χ3n) is 3.16. The molecule has 1 aromatic rings. The lowest BCUT2D eigenvalue weighted by atomic mass is 10.0. The van der Waals surface area contributed by atoms with Gasteiger partial charge in [0.15, 0.2) is 0 Å². The monoisotopic (exact) mass is 230 g/mol. The number of hydrogen-bond acceptors (Lipinski definition) is 2. The standard InChI is InChI=1S/C15H22N2/c1-13(2)11-17-9-8-16-15(12-17)10-14-6-4-3-5-7-14/h3-7,15-16H,1,8-12H2,2H3. The van der Waals surface area contributed by atoms with E-state index in [0.717, 1.165) is 32.6 Å². The number of hydrogen-bond donors (Lipinski definition) is 1. The maximum atomic E-state index is 4.00. The van der Waals surface area contributed by atoms with E-state index in [2.05, 4.69) is 54.1 Å². The first-order valence-electron chi connectivity index (χ1n) is 6.38. The molecule has 1 N–H and O–H groups in total. The largest absolute Gasteiger partial charge is 0.311 e. The Balaban J connectivity index is 1.87. The topological polar surface area (TPSA) is 15.3 Å². The van der Waals surface area contributed by atoms with Crippen molar-refractivity contribution in [1.29, 1.82) is 0 Å². The van der Waals surface area contributed by atoms with Gasteiger partial charge < -0.3 is 5.32 Å². The Morgan fingerprint density at radius 1 is 1.41 bits per heavy atom. The Kier molecular flexibility index (Phi) is 4.35. The van der Waals surface area contributed by atoms with Gasteiger partial charge in [0, 0.05) is 32.2 Å². The molecule has 0 radical (unpaired) electrons. The minimum absolute atomic E-state index is 0.575. The van der Waals surface area contributed by atoms with Gasteiger partial charge in [-0.15, -0.1) is 0 Å². The molecule has 1 atom stereocenters. The van der Waals surface area contributed by atoms with Gasteiger partial charge in [-0.1, -0.05) is 42.5 Å². The van der Waals surface area contributed by atoms with Crippen LogP contribution in [-0.4, -0.2) is 37.1 Å². The number of nitrogens with one attached hydrogen (secondary N) is 1. The second-order valence-corrected chi connectivity index (χ2v) is 5.03. The average molecular weight is 230 g/mol. The van der Waals surface area contributed by atoms with Crippen molar-refractivity contribution in [2.24, 2.45) is 0 Å². The van der Waals surface area contributed by atoms with Crippen molar-refractivity contribution in [3.63, 3.8) is 0 Å². The zero-order chi connectivity index (χ0) is 12.1. The summed E-state index contributed by atoms with van der Waals surface area (Å²) in [6, 6.07) is 11.3. The molecule has 0 amide bonds. The van der Waals surface area contributed by atoms with Crippen molar-refractivity contribution in [2.75, 3.05) is 26.2 Å². The molecule has 1 unspecified atom stereocenters. The van der Waals surface area contributed by atoms with Gasteiger partial charge in [0.05, 0.1) is 0 Å². The number of rotatable bonds is 4. The van der Waals surface area contributed by atoms with Gasteiger partial charge in [0.25, 0.3) is 0 Å². The molecule has 1 saturated heterocycles. The number of piperazine rings is 1. The van der Waals surface area contributed by atoms with E-state index < -0.39 is 0 Å². The summed E-state index contributed by atoms with van der Waals surface area (Å²) < 4.78 is 0. The molecule has 0 aromatic heterocycles. The van der Waals surface area contributed by atoms with Gasteiger partial charge in [0.1, 0.15) is 0 Å². The van der Waals surface area contributed by atoms with E-state index in [1.165, 1.54) is 11.1 Å². The summed E-state index contributed by atoms with van der Waals surface area (Å²) in [5.74, 6) is 0. The fraction of sp³-hybridized carbons (Fsp3) is 0.467. The van der Waals surface area contributed by atoms with Crippen LogP contribution in [0.4, 0.5) is 0 Å². The van der Waals surface area contributed by atoms with Crippen molar-refractivity contribution in [2.45, 2.75) is 19.4 Å². The highest BCUT2D eigenvalue weighted by atomic mass is 15.2. The van der Waals surface area contributed by atoms with E-state index in [4.69, 9.17) is 0 Å². The van der Waals surface area contributed by atoms with Crippen LogP contribution in [0.15, 0.2) is 42.5 Å². The number of benzene rings is 1. The van der Waals surface area contributed by atoms with Crippen LogP contribution < -0.4 is 5.32 Å². The molecule has 2 rings (SSSR count). The lowest BCUT2D eigenvalue weighted by molar-refractivity contribution is 0.213. The van der Waals surface area contributed by atoms with Crippen LogP contribution in [0.2, 0.25) is 0 Å². The molecule has 0 saturated carbocycles. The first-order valence-corrected chi connectivity index (χ1v) is 6.38. The van der Waals surface area contributed by atoms with E-state index in [0.29, 0.717) is 6.04 Å². The molecular weight excluding hydrogens is 208 g/mol. The van der Waals surface area contributed by atoms with Gasteiger partial charge in [-0.2, -0.15) is 0 Å². The summed E-state index contributed by atoms with van der Waals surface area (Å²) >= 11 is 0. The third kappa shape index (κ3) is 3.99. The predicted octanol–water partition coefficient (Wildman–Crippen LogP) is 2.08. The van der Waals surface area contributed by atoms with Crippen molar-refractivity contribution < 1.29 is 0 Å². The molecule has 0 bridgehead atoms. The van der Waals surface area contributed by atoms with Crippen LogP contribution in [0.5, 0.6) is 0 Å². The Morgan fingerprint density at radius 3 is 2.88 bits per heavy atom. The van der Waals surface area contributed by atoms with Gasteiger partial charge in [-0.05, 0) is 18.9 Å². The highest BCUT2D eigenvalue weighted by Gasteiger charge is 2.18. The lowest BCUT2D eigenvalue weighted by Gasteiger charge is -2.33. The maximum absolute atomic E-state index is 4.00. The summed E-state index contributed by atoms with van der Waals surface area (Å²) in [7, 11) is 0. The molecule has 17 heavy (non-hydrogen) atoms. The second kappa shape index (κ2) is 5.99. The average Bonchev–Trinajstić information content (AvgIpc) is 2.30. The minimum atomic E-state index is 0.575. The minimum Gasteiger partial charge on any atom is -0.311 e.